The molecule has 0 saturated heterocycles. The highest BCUT2D eigenvalue weighted by molar-refractivity contribution is 7.86. The van der Waals surface area contributed by atoms with E-state index < -0.39 is 46.6 Å². The van der Waals surface area contributed by atoms with Crippen LogP contribution in [0.4, 0.5) is 0 Å². The van der Waals surface area contributed by atoms with Crippen molar-refractivity contribution >= 4 is 10.1 Å². The Hall–Kier alpha value is -4.19. The van der Waals surface area contributed by atoms with Crippen molar-refractivity contribution in [3.63, 3.8) is 0 Å². The first-order chi connectivity index (χ1) is 25.4. The molecular formula is C43H46O8S. The smallest absolute Gasteiger partial charge is 0.264 e. The molecule has 1 saturated carbocycles. The van der Waals surface area contributed by atoms with Gasteiger partial charge in [-0.25, -0.2) is 0 Å². The Morgan fingerprint density at radius 1 is 0.404 bits per heavy atom. The summed E-state index contributed by atoms with van der Waals surface area (Å²) in [5.41, 5.74) is 4.78. The maximum absolute atomic E-state index is 13.1. The lowest BCUT2D eigenvalue weighted by atomic mass is 9.78. The second-order valence-corrected chi connectivity index (χ2v) is 14.6. The summed E-state index contributed by atoms with van der Waals surface area (Å²) in [7, 11) is -3.99. The minimum absolute atomic E-state index is 0.107. The van der Waals surface area contributed by atoms with Gasteiger partial charge in [-0.3, -0.25) is 4.18 Å². The number of benzene rings is 5. The molecule has 52 heavy (non-hydrogen) atoms. The lowest BCUT2D eigenvalue weighted by Gasteiger charge is -2.49. The summed E-state index contributed by atoms with van der Waals surface area (Å²) >= 11 is 0. The summed E-state index contributed by atoms with van der Waals surface area (Å²) in [5.74, 6) is -0.639. The third kappa shape index (κ3) is 11.2. The van der Waals surface area contributed by atoms with Gasteiger partial charge in [0.1, 0.15) is 24.4 Å². The van der Waals surface area contributed by atoms with Crippen LogP contribution in [0.15, 0.2) is 152 Å². The first-order valence-corrected chi connectivity index (χ1v) is 19.4. The summed E-state index contributed by atoms with van der Waals surface area (Å²) in [6, 6.07) is 49.1. The number of ether oxygens (including phenoxy) is 5. The second kappa shape index (κ2) is 19.0. The highest BCUT2D eigenvalue weighted by Crippen LogP contribution is 2.38. The lowest BCUT2D eigenvalue weighted by molar-refractivity contribution is -0.262. The summed E-state index contributed by atoms with van der Waals surface area (Å²) in [4.78, 5) is 0. The van der Waals surface area contributed by atoms with Gasteiger partial charge in [-0.15, -0.1) is 0 Å². The van der Waals surface area contributed by atoms with Crippen LogP contribution >= 0.6 is 0 Å². The highest BCUT2D eigenvalue weighted by atomic mass is 32.2. The Morgan fingerprint density at radius 3 is 1.04 bits per heavy atom. The standard InChI is InChI=1S/C43H46O8S/c1-52(44,45)51-40-38(32-46-27-33-17-7-2-8-18-33)39(47-28-34-19-9-3-10-20-34)41(48-29-35-21-11-4-12-22-35)43(50-31-37-25-15-6-16-26-37)42(40)49-30-36-23-13-5-14-24-36/h2-26,38-43H,27-32H2,1H3/t38-,39-,40+,41+,42-,43-/m1/s1. The third-order valence-electron chi connectivity index (χ3n) is 8.99. The van der Waals surface area contributed by atoms with Crippen molar-refractivity contribution in [3.8, 4) is 0 Å². The van der Waals surface area contributed by atoms with Gasteiger partial charge < -0.3 is 23.7 Å². The van der Waals surface area contributed by atoms with Gasteiger partial charge in [0.05, 0.1) is 52.0 Å². The van der Waals surface area contributed by atoms with Crippen LogP contribution in [-0.4, -0.2) is 51.8 Å². The molecule has 0 unspecified atom stereocenters. The van der Waals surface area contributed by atoms with Gasteiger partial charge in [0.15, 0.2) is 0 Å². The molecule has 0 N–H and O–H groups in total. The van der Waals surface area contributed by atoms with E-state index >= 15 is 0 Å². The van der Waals surface area contributed by atoms with Crippen molar-refractivity contribution in [2.75, 3.05) is 12.9 Å². The molecule has 0 aliphatic heterocycles. The molecule has 0 spiro atoms. The average molecular weight is 723 g/mol. The van der Waals surface area contributed by atoms with Crippen molar-refractivity contribution in [1.29, 1.82) is 0 Å². The van der Waals surface area contributed by atoms with Crippen molar-refractivity contribution in [3.05, 3.63) is 179 Å². The second-order valence-electron chi connectivity index (χ2n) is 13.0. The first-order valence-electron chi connectivity index (χ1n) is 17.5. The summed E-state index contributed by atoms with van der Waals surface area (Å²) in [5, 5.41) is 0. The van der Waals surface area contributed by atoms with Crippen LogP contribution in [0.3, 0.4) is 0 Å². The lowest BCUT2D eigenvalue weighted by Crippen LogP contribution is -2.65. The number of rotatable bonds is 18. The maximum atomic E-state index is 13.1. The first kappa shape index (κ1) is 37.6. The van der Waals surface area contributed by atoms with Crippen LogP contribution in [-0.2, 0) is 71.0 Å². The zero-order chi connectivity index (χ0) is 36.0. The van der Waals surface area contributed by atoms with Crippen molar-refractivity contribution in [1.82, 2.24) is 0 Å². The van der Waals surface area contributed by atoms with Crippen LogP contribution in [0.1, 0.15) is 27.8 Å². The largest absolute Gasteiger partial charge is 0.376 e. The van der Waals surface area contributed by atoms with Gasteiger partial charge in [-0.2, -0.15) is 8.42 Å². The predicted octanol–water partition coefficient (Wildman–Crippen LogP) is 7.52. The normalized spacial score (nSPS) is 21.9. The molecule has 9 heteroatoms. The Bertz CT molecular complexity index is 1840. The van der Waals surface area contributed by atoms with Crippen LogP contribution < -0.4 is 0 Å². The Labute approximate surface area is 307 Å². The molecule has 272 valence electrons. The fourth-order valence-corrected chi connectivity index (χ4v) is 7.15. The molecule has 1 aliphatic carbocycles. The summed E-state index contributed by atoms with van der Waals surface area (Å²) in [6.45, 7) is 1.36. The summed E-state index contributed by atoms with van der Waals surface area (Å²) in [6.07, 6.45) is -3.10. The molecule has 0 heterocycles. The van der Waals surface area contributed by atoms with Crippen LogP contribution in [0.25, 0.3) is 0 Å². The third-order valence-corrected chi connectivity index (χ3v) is 9.56. The SMILES string of the molecule is CS(=O)(=O)O[C@H]1[C@H](COCc2ccccc2)[C@@H](OCc2ccccc2)[C@H](OCc2ccccc2)[C@@H](OCc2ccccc2)[C@@H]1OCc1ccccc1. The molecule has 1 aliphatic rings. The molecule has 0 bridgehead atoms. The molecule has 8 nitrogen and oxygen atoms in total. The molecule has 5 aromatic rings. The topological polar surface area (TPSA) is 89.5 Å². The zero-order valence-electron chi connectivity index (χ0n) is 29.3. The molecule has 0 radical (unpaired) electrons. The quantitative estimate of drug-likeness (QED) is 0.0859. The van der Waals surface area contributed by atoms with Crippen LogP contribution in [0, 0.1) is 5.92 Å². The van der Waals surface area contributed by atoms with E-state index in [-0.39, 0.29) is 33.0 Å². The summed E-state index contributed by atoms with van der Waals surface area (Å²) < 4.78 is 65.7. The number of hydrogen-bond donors (Lipinski definition) is 0. The Balaban J connectivity index is 1.41. The Kier molecular flexibility index (Phi) is 13.8. The van der Waals surface area contributed by atoms with Crippen molar-refractivity contribution < 1.29 is 36.3 Å². The van der Waals surface area contributed by atoms with E-state index in [9.17, 15) is 8.42 Å². The minimum atomic E-state index is -3.99. The Morgan fingerprint density at radius 2 is 0.692 bits per heavy atom. The predicted molar refractivity (Wildman–Crippen MR) is 199 cm³/mol. The van der Waals surface area contributed by atoms with Gasteiger partial charge in [0.2, 0.25) is 0 Å². The van der Waals surface area contributed by atoms with Gasteiger partial charge >= 0.3 is 0 Å². The molecule has 0 aromatic heterocycles. The van der Waals surface area contributed by atoms with E-state index in [4.69, 9.17) is 27.9 Å². The number of hydrogen-bond acceptors (Lipinski definition) is 8. The fraction of sp³-hybridized carbons (Fsp3) is 0.302. The van der Waals surface area contributed by atoms with Crippen LogP contribution in [0.2, 0.25) is 0 Å². The minimum Gasteiger partial charge on any atom is -0.376 e. The van der Waals surface area contributed by atoms with E-state index in [0.29, 0.717) is 6.61 Å². The molecule has 1 fully saturated rings. The monoisotopic (exact) mass is 722 g/mol. The maximum Gasteiger partial charge on any atom is 0.264 e. The van der Waals surface area contributed by atoms with Gasteiger partial charge in [0.25, 0.3) is 10.1 Å². The van der Waals surface area contributed by atoms with E-state index in [1.807, 2.05) is 152 Å². The van der Waals surface area contributed by atoms with Gasteiger partial charge in [0, 0.05) is 5.92 Å². The van der Waals surface area contributed by atoms with E-state index in [1.165, 1.54) is 0 Å². The molecule has 0 amide bonds. The molecule has 6 rings (SSSR count). The van der Waals surface area contributed by atoms with Gasteiger partial charge in [-0.1, -0.05) is 152 Å². The molecule has 5 aromatic carbocycles. The van der Waals surface area contributed by atoms with Crippen molar-refractivity contribution in [2.24, 2.45) is 5.92 Å². The van der Waals surface area contributed by atoms with E-state index in [0.717, 1.165) is 34.1 Å². The van der Waals surface area contributed by atoms with E-state index in [1.54, 1.807) is 0 Å². The molecular weight excluding hydrogens is 677 g/mol. The fourth-order valence-electron chi connectivity index (χ4n) is 6.49. The average Bonchev–Trinajstić information content (AvgIpc) is 3.17. The van der Waals surface area contributed by atoms with E-state index in [2.05, 4.69) is 0 Å². The molecule has 6 atom stereocenters. The van der Waals surface area contributed by atoms with Crippen molar-refractivity contribution in [2.45, 2.75) is 63.6 Å². The van der Waals surface area contributed by atoms with Gasteiger partial charge in [-0.05, 0) is 27.8 Å². The zero-order valence-corrected chi connectivity index (χ0v) is 30.1. The van der Waals surface area contributed by atoms with Crippen LogP contribution in [0.5, 0.6) is 0 Å². The highest BCUT2D eigenvalue weighted by Gasteiger charge is 2.55.